The van der Waals surface area contributed by atoms with Gasteiger partial charge in [-0.05, 0) is 6.42 Å². The molecule has 0 bridgehead atoms. The number of aliphatic hydroxyl groups is 1. The molecule has 1 nitrogen and oxygen atoms in total. The maximum atomic E-state index is 8.45. The van der Waals surface area contributed by atoms with Gasteiger partial charge in [0, 0.05) is 11.3 Å². The van der Waals surface area contributed by atoms with E-state index in [4.69, 9.17) is 39.9 Å². The summed E-state index contributed by atoms with van der Waals surface area (Å²) in [4.78, 5) is 0. The summed E-state index contributed by atoms with van der Waals surface area (Å²) in [7, 11) is 0. The van der Waals surface area contributed by atoms with Gasteiger partial charge in [-0.25, -0.2) is 0 Å². The summed E-state index contributed by atoms with van der Waals surface area (Å²) in [5, 5.41) is 8.06. The van der Waals surface area contributed by atoms with Crippen molar-refractivity contribution in [3.63, 3.8) is 0 Å². The lowest BCUT2D eigenvalue weighted by Crippen LogP contribution is -2.12. The van der Waals surface area contributed by atoms with Gasteiger partial charge in [-0.1, -0.05) is 0 Å². The third-order valence-corrected chi connectivity index (χ3v) is 2.06. The molecule has 9 heavy (non-hydrogen) atoms. The van der Waals surface area contributed by atoms with E-state index in [0.29, 0.717) is 12.3 Å². The summed E-state index contributed by atoms with van der Waals surface area (Å²) in [6, 6.07) is 0. The van der Waals surface area contributed by atoms with Gasteiger partial charge < -0.3 is 5.11 Å². The molecular formula is C5H9Cl3O. The normalized spacial score (nSPS) is 17.3. The number of hydrogen-bond donors (Lipinski definition) is 1. The monoisotopic (exact) mass is 190 g/mol. The van der Waals surface area contributed by atoms with E-state index in [1.807, 2.05) is 0 Å². The Bertz CT molecular complexity index is 61.2. The second kappa shape index (κ2) is 5.60. The van der Waals surface area contributed by atoms with Crippen molar-refractivity contribution < 1.29 is 5.11 Å². The highest BCUT2D eigenvalue weighted by atomic mass is 35.5. The zero-order valence-corrected chi connectivity index (χ0v) is 7.12. The molecule has 0 spiro atoms. The molecule has 0 aromatic heterocycles. The van der Waals surface area contributed by atoms with E-state index in [-0.39, 0.29) is 17.4 Å². The summed E-state index contributed by atoms with van der Waals surface area (Å²) in [5.74, 6) is 0.380. The lowest BCUT2D eigenvalue weighted by atomic mass is 10.2. The van der Waals surface area contributed by atoms with Crippen molar-refractivity contribution in [1.29, 1.82) is 0 Å². The summed E-state index contributed by atoms with van der Waals surface area (Å²) in [6.07, 6.45) is 0.559. The fraction of sp³-hybridized carbons (Fsp3) is 1.00. The molecule has 0 saturated carbocycles. The van der Waals surface area contributed by atoms with E-state index >= 15 is 0 Å². The maximum Gasteiger partial charge on any atom is 0.0595 e. The molecule has 0 aliphatic rings. The SMILES string of the molecule is OC[C@H](Cl)C[C@H](Cl)CCl. The van der Waals surface area contributed by atoms with E-state index < -0.39 is 0 Å². The lowest BCUT2D eigenvalue weighted by Gasteiger charge is -2.07. The highest BCUT2D eigenvalue weighted by Crippen LogP contribution is 2.11. The quantitative estimate of drug-likeness (QED) is 0.672. The van der Waals surface area contributed by atoms with Crippen molar-refractivity contribution in [3.8, 4) is 0 Å². The fourth-order valence-electron chi connectivity index (χ4n) is 0.415. The molecule has 0 aliphatic heterocycles. The highest BCUT2D eigenvalue weighted by Gasteiger charge is 2.09. The first-order valence-electron chi connectivity index (χ1n) is 2.65. The number of hydrogen-bond acceptors (Lipinski definition) is 1. The average Bonchev–Trinajstić information content (AvgIpc) is 1.87. The summed E-state index contributed by atoms with van der Waals surface area (Å²) in [5.41, 5.74) is 0. The second-order valence-electron chi connectivity index (χ2n) is 1.77. The molecule has 0 radical (unpaired) electrons. The molecule has 2 atom stereocenters. The zero-order valence-electron chi connectivity index (χ0n) is 4.86. The third kappa shape index (κ3) is 5.28. The Balaban J connectivity index is 3.22. The van der Waals surface area contributed by atoms with Crippen LogP contribution in [0.1, 0.15) is 6.42 Å². The number of rotatable bonds is 4. The van der Waals surface area contributed by atoms with Crippen molar-refractivity contribution in [2.24, 2.45) is 0 Å². The Labute approximate surface area is 69.9 Å². The van der Waals surface area contributed by atoms with Crippen LogP contribution >= 0.6 is 34.8 Å². The smallest absolute Gasteiger partial charge is 0.0595 e. The summed E-state index contributed by atoms with van der Waals surface area (Å²) < 4.78 is 0. The second-order valence-corrected chi connectivity index (χ2v) is 3.31. The molecule has 0 unspecified atom stereocenters. The van der Waals surface area contributed by atoms with Gasteiger partial charge in [0.1, 0.15) is 0 Å². The van der Waals surface area contributed by atoms with Gasteiger partial charge in [0.25, 0.3) is 0 Å². The third-order valence-electron chi connectivity index (χ3n) is 0.877. The predicted molar refractivity (Wildman–Crippen MR) is 41.7 cm³/mol. The first-order chi connectivity index (χ1) is 4.20. The van der Waals surface area contributed by atoms with Crippen LogP contribution in [-0.4, -0.2) is 28.3 Å². The van der Waals surface area contributed by atoms with Gasteiger partial charge in [-0.3, -0.25) is 0 Å². The molecule has 0 aliphatic carbocycles. The number of alkyl halides is 3. The van der Waals surface area contributed by atoms with Crippen LogP contribution < -0.4 is 0 Å². The molecule has 0 aromatic rings. The topological polar surface area (TPSA) is 20.2 Å². The van der Waals surface area contributed by atoms with Gasteiger partial charge in [-0.2, -0.15) is 0 Å². The molecule has 0 fully saturated rings. The van der Waals surface area contributed by atoms with Crippen LogP contribution in [0.2, 0.25) is 0 Å². The molecule has 0 rings (SSSR count). The van der Waals surface area contributed by atoms with Crippen LogP contribution in [0.15, 0.2) is 0 Å². The van der Waals surface area contributed by atoms with Crippen molar-refractivity contribution in [2.75, 3.05) is 12.5 Å². The lowest BCUT2D eigenvalue weighted by molar-refractivity contribution is 0.288. The van der Waals surface area contributed by atoms with Gasteiger partial charge in [-0.15, -0.1) is 34.8 Å². The van der Waals surface area contributed by atoms with Crippen LogP contribution in [-0.2, 0) is 0 Å². The largest absolute Gasteiger partial charge is 0.395 e. The van der Waals surface area contributed by atoms with E-state index in [1.54, 1.807) is 0 Å². The standard InChI is InChI=1S/C5H9Cl3O/c6-2-4(7)1-5(8)3-9/h4-5,9H,1-3H2/t4-,5+/m0/s1. The van der Waals surface area contributed by atoms with Crippen LogP contribution in [0, 0.1) is 0 Å². The fourth-order valence-corrected chi connectivity index (χ4v) is 1.06. The van der Waals surface area contributed by atoms with Crippen LogP contribution in [0.25, 0.3) is 0 Å². The predicted octanol–water partition coefficient (Wildman–Crippen LogP) is 1.82. The first-order valence-corrected chi connectivity index (χ1v) is 4.06. The van der Waals surface area contributed by atoms with Crippen molar-refractivity contribution in [1.82, 2.24) is 0 Å². The Hall–Kier alpha value is 0.830. The Morgan fingerprint density at radius 2 is 1.78 bits per heavy atom. The van der Waals surface area contributed by atoms with E-state index in [2.05, 4.69) is 0 Å². The van der Waals surface area contributed by atoms with E-state index in [9.17, 15) is 0 Å². The summed E-state index contributed by atoms with van der Waals surface area (Å²) >= 11 is 16.5. The van der Waals surface area contributed by atoms with Crippen LogP contribution in [0.3, 0.4) is 0 Å². The van der Waals surface area contributed by atoms with E-state index in [1.165, 1.54) is 0 Å². The van der Waals surface area contributed by atoms with Gasteiger partial charge in [0.2, 0.25) is 0 Å². The molecule has 56 valence electrons. The number of aliphatic hydroxyl groups excluding tert-OH is 1. The van der Waals surface area contributed by atoms with Crippen LogP contribution in [0.4, 0.5) is 0 Å². The van der Waals surface area contributed by atoms with Crippen molar-refractivity contribution in [2.45, 2.75) is 17.2 Å². The maximum absolute atomic E-state index is 8.45. The Kier molecular flexibility index (Phi) is 6.12. The van der Waals surface area contributed by atoms with Gasteiger partial charge in [0.15, 0.2) is 0 Å². The molecule has 0 aromatic carbocycles. The van der Waals surface area contributed by atoms with E-state index in [0.717, 1.165) is 0 Å². The molecule has 0 heterocycles. The Morgan fingerprint density at radius 3 is 2.11 bits per heavy atom. The molecule has 0 amide bonds. The average molecular weight is 191 g/mol. The molecular weight excluding hydrogens is 182 g/mol. The molecule has 4 heteroatoms. The van der Waals surface area contributed by atoms with Crippen molar-refractivity contribution >= 4 is 34.8 Å². The van der Waals surface area contributed by atoms with Gasteiger partial charge >= 0.3 is 0 Å². The highest BCUT2D eigenvalue weighted by molar-refractivity contribution is 6.28. The van der Waals surface area contributed by atoms with Crippen molar-refractivity contribution in [3.05, 3.63) is 0 Å². The van der Waals surface area contributed by atoms with Gasteiger partial charge in [0.05, 0.1) is 12.0 Å². The molecule has 1 N–H and O–H groups in total. The minimum absolute atomic E-state index is 0.0400. The number of halogens is 3. The zero-order chi connectivity index (χ0) is 7.28. The first kappa shape index (κ1) is 9.83. The minimum Gasteiger partial charge on any atom is -0.395 e. The van der Waals surface area contributed by atoms with Crippen LogP contribution in [0.5, 0.6) is 0 Å². The Morgan fingerprint density at radius 1 is 1.22 bits per heavy atom. The minimum atomic E-state index is -0.258. The summed E-state index contributed by atoms with van der Waals surface area (Å²) in [6.45, 7) is -0.0400. The molecule has 0 saturated heterocycles.